The summed E-state index contributed by atoms with van der Waals surface area (Å²) in [6.07, 6.45) is 2.12. The molecule has 0 aromatic heterocycles. The van der Waals surface area contributed by atoms with Gasteiger partial charge in [-0.05, 0) is 30.9 Å². The Hall–Kier alpha value is -0.220. The van der Waals surface area contributed by atoms with Crippen LogP contribution < -0.4 is 5.32 Å². The molecule has 4 heteroatoms. The first-order chi connectivity index (χ1) is 7.78. The van der Waals surface area contributed by atoms with Crippen molar-refractivity contribution >= 4 is 24.2 Å². The smallest absolute Gasteiger partial charge is 0.0234 e. The average molecular weight is 273 g/mol. The molecule has 1 aliphatic rings. The molecule has 2 nitrogen and oxygen atoms in total. The third-order valence-electron chi connectivity index (χ3n) is 3.02. The van der Waals surface area contributed by atoms with Gasteiger partial charge in [-0.2, -0.15) is 0 Å². The number of piperazine rings is 1. The zero-order valence-corrected chi connectivity index (χ0v) is 12.1. The number of thioether (sulfide) groups is 1. The Labute approximate surface area is 115 Å². The fourth-order valence-electron chi connectivity index (χ4n) is 2.14. The highest BCUT2D eigenvalue weighted by molar-refractivity contribution is 7.98. The van der Waals surface area contributed by atoms with E-state index < -0.39 is 0 Å². The maximum absolute atomic E-state index is 3.47. The first-order valence-electron chi connectivity index (χ1n) is 5.86. The summed E-state index contributed by atoms with van der Waals surface area (Å²) >= 11 is 1.80. The van der Waals surface area contributed by atoms with E-state index in [1.165, 1.54) is 10.5 Å². The third-order valence-corrected chi connectivity index (χ3v) is 3.76. The van der Waals surface area contributed by atoms with Crippen LogP contribution in [0.4, 0.5) is 0 Å². The number of rotatable bonds is 3. The Kier molecular flexibility index (Phi) is 6.34. The van der Waals surface area contributed by atoms with E-state index in [2.05, 4.69) is 47.7 Å². The van der Waals surface area contributed by atoms with Crippen molar-refractivity contribution in [1.82, 2.24) is 10.2 Å². The number of benzene rings is 1. The van der Waals surface area contributed by atoms with Crippen LogP contribution in [0.25, 0.3) is 0 Å². The van der Waals surface area contributed by atoms with Gasteiger partial charge in [0.25, 0.3) is 0 Å². The van der Waals surface area contributed by atoms with Crippen molar-refractivity contribution in [2.24, 2.45) is 0 Å². The highest BCUT2D eigenvalue weighted by Gasteiger charge is 2.15. The van der Waals surface area contributed by atoms with Crippen LogP contribution in [0.15, 0.2) is 29.2 Å². The molecule has 1 fully saturated rings. The van der Waals surface area contributed by atoms with Crippen molar-refractivity contribution in [2.75, 3.05) is 25.9 Å². The zero-order valence-electron chi connectivity index (χ0n) is 10.5. The van der Waals surface area contributed by atoms with Crippen LogP contribution in [-0.4, -0.2) is 36.8 Å². The molecule has 1 N–H and O–H groups in total. The summed E-state index contributed by atoms with van der Waals surface area (Å²) in [4.78, 5) is 3.87. The molecule has 2 rings (SSSR count). The van der Waals surface area contributed by atoms with Crippen LogP contribution in [0.5, 0.6) is 0 Å². The van der Waals surface area contributed by atoms with Crippen LogP contribution in [-0.2, 0) is 6.54 Å². The lowest BCUT2D eigenvalue weighted by molar-refractivity contribution is 0.199. The summed E-state index contributed by atoms with van der Waals surface area (Å²) in [5, 5.41) is 3.47. The molecule has 0 bridgehead atoms. The standard InChI is InChI=1S/C13H20N2S.ClH/c1-11-9-15(8-7-14-11)10-12-3-5-13(16-2)6-4-12;/h3-6,11,14H,7-10H2,1-2H3;1H. The van der Waals surface area contributed by atoms with Crippen LogP contribution in [0.3, 0.4) is 0 Å². The fraction of sp³-hybridized carbons (Fsp3) is 0.538. The van der Waals surface area contributed by atoms with Gasteiger partial charge in [0, 0.05) is 37.1 Å². The van der Waals surface area contributed by atoms with Crippen LogP contribution in [0, 0.1) is 0 Å². The first-order valence-corrected chi connectivity index (χ1v) is 7.09. The number of nitrogens with one attached hydrogen (secondary N) is 1. The molecule has 1 aromatic carbocycles. The van der Waals surface area contributed by atoms with Crippen molar-refractivity contribution in [3.05, 3.63) is 29.8 Å². The maximum Gasteiger partial charge on any atom is 0.0234 e. The minimum Gasteiger partial charge on any atom is -0.312 e. The topological polar surface area (TPSA) is 15.3 Å². The minimum atomic E-state index is 0. The molecule has 96 valence electrons. The summed E-state index contributed by atoms with van der Waals surface area (Å²) < 4.78 is 0. The Morgan fingerprint density at radius 2 is 2.06 bits per heavy atom. The monoisotopic (exact) mass is 272 g/mol. The Morgan fingerprint density at radius 1 is 1.35 bits per heavy atom. The Balaban J connectivity index is 0.00000144. The third kappa shape index (κ3) is 4.51. The van der Waals surface area contributed by atoms with Gasteiger partial charge >= 0.3 is 0 Å². The summed E-state index contributed by atoms with van der Waals surface area (Å²) in [5.74, 6) is 0. The second kappa shape index (κ2) is 7.27. The van der Waals surface area contributed by atoms with E-state index in [0.717, 1.165) is 26.2 Å². The minimum absolute atomic E-state index is 0. The molecular formula is C13H21ClN2S. The quantitative estimate of drug-likeness (QED) is 0.852. The van der Waals surface area contributed by atoms with E-state index in [1.54, 1.807) is 11.8 Å². The Morgan fingerprint density at radius 3 is 2.65 bits per heavy atom. The van der Waals surface area contributed by atoms with Crippen molar-refractivity contribution in [1.29, 1.82) is 0 Å². The van der Waals surface area contributed by atoms with Crippen molar-refractivity contribution in [3.8, 4) is 0 Å². The number of halogens is 1. The van der Waals surface area contributed by atoms with E-state index in [1.807, 2.05) is 0 Å². The van der Waals surface area contributed by atoms with Gasteiger partial charge in [-0.25, -0.2) is 0 Å². The Bertz CT molecular complexity index is 329. The average Bonchev–Trinajstić information content (AvgIpc) is 2.30. The normalized spacial score (nSPS) is 20.9. The van der Waals surface area contributed by atoms with Gasteiger partial charge < -0.3 is 5.32 Å². The summed E-state index contributed by atoms with van der Waals surface area (Å²) in [6, 6.07) is 9.55. The van der Waals surface area contributed by atoms with E-state index in [4.69, 9.17) is 0 Å². The van der Waals surface area contributed by atoms with Gasteiger partial charge in [0.2, 0.25) is 0 Å². The number of hydrogen-bond acceptors (Lipinski definition) is 3. The first kappa shape index (κ1) is 14.8. The molecular weight excluding hydrogens is 252 g/mol. The lowest BCUT2D eigenvalue weighted by atomic mass is 10.1. The molecule has 1 aromatic rings. The largest absolute Gasteiger partial charge is 0.312 e. The lowest BCUT2D eigenvalue weighted by Crippen LogP contribution is -2.48. The predicted octanol–water partition coefficient (Wildman–Crippen LogP) is 2.62. The number of hydrogen-bond donors (Lipinski definition) is 1. The highest BCUT2D eigenvalue weighted by Crippen LogP contribution is 2.16. The van der Waals surface area contributed by atoms with Crippen molar-refractivity contribution < 1.29 is 0 Å². The molecule has 0 amide bonds. The molecule has 1 aliphatic heterocycles. The molecule has 1 saturated heterocycles. The van der Waals surface area contributed by atoms with Gasteiger partial charge in [-0.15, -0.1) is 24.2 Å². The fourth-order valence-corrected chi connectivity index (χ4v) is 2.55. The second-order valence-electron chi connectivity index (χ2n) is 4.44. The molecule has 1 heterocycles. The maximum atomic E-state index is 3.47. The van der Waals surface area contributed by atoms with Crippen LogP contribution in [0.1, 0.15) is 12.5 Å². The van der Waals surface area contributed by atoms with E-state index in [-0.39, 0.29) is 12.4 Å². The predicted molar refractivity (Wildman–Crippen MR) is 78.2 cm³/mol. The van der Waals surface area contributed by atoms with E-state index in [9.17, 15) is 0 Å². The van der Waals surface area contributed by atoms with Gasteiger partial charge in [-0.1, -0.05) is 12.1 Å². The van der Waals surface area contributed by atoms with E-state index >= 15 is 0 Å². The van der Waals surface area contributed by atoms with Crippen molar-refractivity contribution in [3.63, 3.8) is 0 Å². The van der Waals surface area contributed by atoms with Crippen molar-refractivity contribution in [2.45, 2.75) is 24.4 Å². The van der Waals surface area contributed by atoms with Gasteiger partial charge in [-0.3, -0.25) is 4.90 Å². The van der Waals surface area contributed by atoms with Gasteiger partial charge in [0.15, 0.2) is 0 Å². The molecule has 0 radical (unpaired) electrons. The SMILES string of the molecule is CSc1ccc(CN2CCNC(C)C2)cc1.Cl. The molecule has 0 spiro atoms. The van der Waals surface area contributed by atoms with Gasteiger partial charge in [0.1, 0.15) is 0 Å². The number of nitrogens with zero attached hydrogens (tertiary/aromatic N) is 1. The molecule has 1 unspecified atom stereocenters. The van der Waals surface area contributed by atoms with Crippen LogP contribution >= 0.6 is 24.2 Å². The zero-order chi connectivity index (χ0) is 11.4. The molecule has 17 heavy (non-hydrogen) atoms. The van der Waals surface area contributed by atoms with E-state index in [0.29, 0.717) is 6.04 Å². The van der Waals surface area contributed by atoms with Gasteiger partial charge in [0.05, 0.1) is 0 Å². The highest BCUT2D eigenvalue weighted by atomic mass is 35.5. The summed E-state index contributed by atoms with van der Waals surface area (Å²) in [5.41, 5.74) is 1.42. The summed E-state index contributed by atoms with van der Waals surface area (Å²) in [7, 11) is 0. The lowest BCUT2D eigenvalue weighted by Gasteiger charge is -2.31. The second-order valence-corrected chi connectivity index (χ2v) is 5.32. The van der Waals surface area contributed by atoms with Crippen LogP contribution in [0.2, 0.25) is 0 Å². The summed E-state index contributed by atoms with van der Waals surface area (Å²) in [6.45, 7) is 6.77. The molecule has 0 saturated carbocycles. The molecule has 1 atom stereocenters. The molecule has 0 aliphatic carbocycles.